The molecule has 4 nitrogen and oxygen atoms in total. The lowest BCUT2D eigenvalue weighted by atomic mass is 9.91. The third-order valence-electron chi connectivity index (χ3n) is 2.35. The van der Waals surface area contributed by atoms with Crippen LogP contribution < -0.4 is 5.32 Å². The molecule has 0 spiro atoms. The van der Waals surface area contributed by atoms with Crippen LogP contribution in [0.15, 0.2) is 29.4 Å². The number of carbonyl (C=O) groups is 2. The van der Waals surface area contributed by atoms with Crippen LogP contribution in [0.5, 0.6) is 0 Å². The molecule has 1 atom stereocenters. The van der Waals surface area contributed by atoms with E-state index in [1.165, 1.54) is 0 Å². The van der Waals surface area contributed by atoms with Gasteiger partial charge in [0.05, 0.1) is 5.92 Å². The number of rotatable bonds is 3. The molecule has 0 saturated carbocycles. The van der Waals surface area contributed by atoms with Crippen LogP contribution in [0.3, 0.4) is 0 Å². The van der Waals surface area contributed by atoms with Gasteiger partial charge in [0, 0.05) is 18.3 Å². The maximum Gasteiger partial charge on any atom is 0.234 e. The predicted octanol–water partition coefficient (Wildman–Crippen LogP) is 1.59. The van der Waals surface area contributed by atoms with Crippen LogP contribution in [0.25, 0.3) is 0 Å². The summed E-state index contributed by atoms with van der Waals surface area (Å²) < 4.78 is 0. The number of carbonyl (C=O) groups excluding carboxylic acids is 2. The average Bonchev–Trinajstić information content (AvgIpc) is 2.21. The largest absolute Gasteiger partial charge is 0.296 e. The maximum atomic E-state index is 11.6. The van der Waals surface area contributed by atoms with Crippen molar-refractivity contribution in [3.8, 4) is 0 Å². The van der Waals surface area contributed by atoms with Crippen molar-refractivity contribution in [2.45, 2.75) is 26.7 Å². The molecular formula is C12H16N2O2. The summed E-state index contributed by atoms with van der Waals surface area (Å²) in [6.07, 6.45) is 4.16. The summed E-state index contributed by atoms with van der Waals surface area (Å²) in [4.78, 5) is 26.7. The lowest BCUT2D eigenvalue weighted by Crippen LogP contribution is -2.41. The molecule has 16 heavy (non-hydrogen) atoms. The van der Waals surface area contributed by atoms with Crippen molar-refractivity contribution in [3.05, 3.63) is 24.4 Å². The van der Waals surface area contributed by atoms with Crippen LogP contribution in [0.2, 0.25) is 0 Å². The summed E-state index contributed by atoms with van der Waals surface area (Å²) in [6.45, 7) is 7.42. The van der Waals surface area contributed by atoms with Crippen molar-refractivity contribution in [1.29, 1.82) is 0 Å². The molecule has 1 unspecified atom stereocenters. The van der Waals surface area contributed by atoms with Gasteiger partial charge in [-0.1, -0.05) is 12.7 Å². The molecule has 1 aliphatic rings. The first-order chi connectivity index (χ1) is 7.54. The third-order valence-corrected chi connectivity index (χ3v) is 2.35. The number of nitrogens with one attached hydrogen (secondary N) is 1. The number of amides is 2. The Hall–Kier alpha value is -1.71. The molecule has 0 aromatic carbocycles. The van der Waals surface area contributed by atoms with Crippen LogP contribution in [-0.2, 0) is 9.59 Å². The first kappa shape index (κ1) is 12.4. The highest BCUT2D eigenvalue weighted by molar-refractivity contribution is 6.00. The SMILES string of the molecule is C=C/C(=C\N=C(C)C)C1CCC(=O)NC1=O. The second-order valence-corrected chi connectivity index (χ2v) is 3.91. The third kappa shape index (κ3) is 3.15. The normalized spacial score (nSPS) is 21.4. The van der Waals surface area contributed by atoms with E-state index < -0.39 is 0 Å². The Morgan fingerprint density at radius 1 is 1.50 bits per heavy atom. The Morgan fingerprint density at radius 2 is 2.19 bits per heavy atom. The first-order valence-electron chi connectivity index (χ1n) is 5.21. The molecular weight excluding hydrogens is 204 g/mol. The van der Waals surface area contributed by atoms with E-state index in [2.05, 4.69) is 16.9 Å². The summed E-state index contributed by atoms with van der Waals surface area (Å²) in [5.74, 6) is -0.774. The van der Waals surface area contributed by atoms with E-state index in [0.29, 0.717) is 12.8 Å². The van der Waals surface area contributed by atoms with Crippen LogP contribution in [-0.4, -0.2) is 17.5 Å². The van der Waals surface area contributed by atoms with Crippen molar-refractivity contribution in [3.63, 3.8) is 0 Å². The number of piperidine rings is 1. The van der Waals surface area contributed by atoms with Crippen LogP contribution in [0.4, 0.5) is 0 Å². The highest BCUT2D eigenvalue weighted by Gasteiger charge is 2.28. The van der Waals surface area contributed by atoms with E-state index >= 15 is 0 Å². The zero-order valence-electron chi connectivity index (χ0n) is 9.62. The number of hydrogen-bond acceptors (Lipinski definition) is 3. The summed E-state index contributed by atoms with van der Waals surface area (Å²) in [5, 5.41) is 2.32. The Bertz CT molecular complexity index is 376. The maximum absolute atomic E-state index is 11.6. The monoisotopic (exact) mass is 220 g/mol. The Labute approximate surface area is 95.1 Å². The quantitative estimate of drug-likeness (QED) is 0.446. The molecule has 0 aromatic heterocycles. The van der Waals surface area contributed by atoms with E-state index in [0.717, 1.165) is 11.3 Å². The molecule has 0 aromatic rings. The van der Waals surface area contributed by atoms with Crippen LogP contribution >= 0.6 is 0 Å². The molecule has 1 heterocycles. The average molecular weight is 220 g/mol. The lowest BCUT2D eigenvalue weighted by molar-refractivity contribution is -0.135. The Kier molecular flexibility index (Phi) is 4.17. The Morgan fingerprint density at radius 3 is 2.69 bits per heavy atom. The van der Waals surface area contributed by atoms with Crippen LogP contribution in [0, 0.1) is 5.92 Å². The Balaban J connectivity index is 2.85. The van der Waals surface area contributed by atoms with E-state index in [1.54, 1.807) is 12.3 Å². The highest BCUT2D eigenvalue weighted by atomic mass is 16.2. The lowest BCUT2D eigenvalue weighted by Gasteiger charge is -2.21. The highest BCUT2D eigenvalue weighted by Crippen LogP contribution is 2.21. The smallest absolute Gasteiger partial charge is 0.234 e. The minimum Gasteiger partial charge on any atom is -0.296 e. The molecule has 1 N–H and O–H groups in total. The molecule has 2 amide bonds. The van der Waals surface area contributed by atoms with Gasteiger partial charge in [0.25, 0.3) is 0 Å². The van der Waals surface area contributed by atoms with Crippen LogP contribution in [0.1, 0.15) is 26.7 Å². The van der Waals surface area contributed by atoms with Gasteiger partial charge in [0.1, 0.15) is 0 Å². The van der Waals surface area contributed by atoms with Gasteiger partial charge >= 0.3 is 0 Å². The zero-order chi connectivity index (χ0) is 12.1. The standard InChI is InChI=1S/C12H16N2O2/c1-4-9(7-13-8(2)3)10-5-6-11(15)14-12(10)16/h4,7,10H,1,5-6H2,2-3H3,(H,14,15,16)/b9-7+. The van der Waals surface area contributed by atoms with E-state index in [1.807, 2.05) is 13.8 Å². The van der Waals surface area contributed by atoms with Gasteiger partial charge in [-0.25, -0.2) is 0 Å². The molecule has 0 radical (unpaired) electrons. The number of nitrogens with zero attached hydrogens (tertiary/aromatic N) is 1. The fourth-order valence-corrected chi connectivity index (χ4v) is 1.50. The van der Waals surface area contributed by atoms with Gasteiger partial charge in [-0.15, -0.1) is 0 Å². The predicted molar refractivity (Wildman–Crippen MR) is 62.9 cm³/mol. The van der Waals surface area contributed by atoms with Crippen molar-refractivity contribution >= 4 is 17.5 Å². The molecule has 86 valence electrons. The van der Waals surface area contributed by atoms with Crippen molar-refractivity contribution in [1.82, 2.24) is 5.32 Å². The van der Waals surface area contributed by atoms with Gasteiger partial charge in [0.2, 0.25) is 11.8 Å². The van der Waals surface area contributed by atoms with Crippen molar-refractivity contribution in [2.24, 2.45) is 10.9 Å². The van der Waals surface area contributed by atoms with E-state index in [-0.39, 0.29) is 17.7 Å². The molecule has 0 bridgehead atoms. The van der Waals surface area contributed by atoms with Gasteiger partial charge in [-0.05, 0) is 25.8 Å². The first-order valence-corrected chi connectivity index (χ1v) is 5.21. The van der Waals surface area contributed by atoms with Crippen molar-refractivity contribution < 1.29 is 9.59 Å². The number of imide groups is 1. The second-order valence-electron chi connectivity index (χ2n) is 3.91. The molecule has 4 heteroatoms. The minimum atomic E-state index is -0.307. The van der Waals surface area contributed by atoms with Gasteiger partial charge in [-0.2, -0.15) is 0 Å². The second kappa shape index (κ2) is 5.39. The molecule has 1 saturated heterocycles. The van der Waals surface area contributed by atoms with Gasteiger partial charge in [-0.3, -0.25) is 19.9 Å². The fraction of sp³-hybridized carbons (Fsp3) is 0.417. The molecule has 1 rings (SSSR count). The number of hydrogen-bond donors (Lipinski definition) is 1. The van der Waals surface area contributed by atoms with E-state index in [4.69, 9.17) is 0 Å². The summed E-state index contributed by atoms with van der Waals surface area (Å²) in [7, 11) is 0. The molecule has 0 aliphatic carbocycles. The van der Waals surface area contributed by atoms with Crippen molar-refractivity contribution in [2.75, 3.05) is 0 Å². The molecule has 1 fully saturated rings. The van der Waals surface area contributed by atoms with E-state index in [9.17, 15) is 9.59 Å². The minimum absolute atomic E-state index is 0.208. The number of aliphatic imine (C=N–C) groups is 1. The van der Waals surface area contributed by atoms with Gasteiger partial charge in [0.15, 0.2) is 0 Å². The molecule has 1 aliphatic heterocycles. The number of allylic oxidation sites excluding steroid dienone is 1. The topological polar surface area (TPSA) is 58.5 Å². The summed E-state index contributed by atoms with van der Waals surface area (Å²) in [5.41, 5.74) is 1.66. The fourth-order valence-electron chi connectivity index (χ4n) is 1.50. The van der Waals surface area contributed by atoms with Gasteiger partial charge < -0.3 is 0 Å². The zero-order valence-corrected chi connectivity index (χ0v) is 9.62. The summed E-state index contributed by atoms with van der Waals surface area (Å²) >= 11 is 0. The summed E-state index contributed by atoms with van der Waals surface area (Å²) in [6, 6.07) is 0.